The van der Waals surface area contributed by atoms with Crippen molar-refractivity contribution in [2.45, 2.75) is 44.0 Å². The Morgan fingerprint density at radius 3 is 2.58 bits per heavy atom. The van der Waals surface area contributed by atoms with E-state index in [0.29, 0.717) is 17.6 Å². The van der Waals surface area contributed by atoms with Gasteiger partial charge in [-0.25, -0.2) is 13.6 Å². The lowest BCUT2D eigenvalue weighted by Crippen LogP contribution is -2.26. The zero-order valence-electron chi connectivity index (χ0n) is 11.5. The fourth-order valence-electron chi connectivity index (χ4n) is 3.06. The number of benzene rings is 1. The molecule has 19 heavy (non-hydrogen) atoms. The Balaban J connectivity index is 2.21. The van der Waals surface area contributed by atoms with Gasteiger partial charge in [-0.05, 0) is 36.8 Å². The number of hydrogen-bond donors (Lipinski definition) is 2. The summed E-state index contributed by atoms with van der Waals surface area (Å²) in [5.41, 5.74) is 0.624. The van der Waals surface area contributed by atoms with E-state index in [-0.39, 0.29) is 4.90 Å². The predicted octanol–water partition coefficient (Wildman–Crippen LogP) is 2.57. The molecular weight excluding hydrogens is 260 g/mol. The van der Waals surface area contributed by atoms with Crippen LogP contribution in [0, 0.1) is 11.8 Å². The van der Waals surface area contributed by atoms with Gasteiger partial charge in [0, 0.05) is 6.04 Å². The smallest absolute Gasteiger partial charge is 0.240 e. The Morgan fingerprint density at radius 2 is 2.00 bits per heavy atom. The van der Waals surface area contributed by atoms with Crippen molar-refractivity contribution in [3.05, 3.63) is 24.3 Å². The Kier molecular flexibility index (Phi) is 4.16. The molecule has 0 bridgehead atoms. The van der Waals surface area contributed by atoms with E-state index in [4.69, 9.17) is 5.14 Å². The Hall–Kier alpha value is -1.07. The summed E-state index contributed by atoms with van der Waals surface area (Å²) in [4.78, 5) is 0.183. The minimum atomic E-state index is -3.67. The highest BCUT2D eigenvalue weighted by molar-refractivity contribution is 7.89. The van der Waals surface area contributed by atoms with E-state index in [2.05, 4.69) is 19.2 Å². The van der Waals surface area contributed by atoms with Crippen LogP contribution in [0.2, 0.25) is 0 Å². The Labute approximate surface area is 115 Å². The van der Waals surface area contributed by atoms with Gasteiger partial charge in [-0.15, -0.1) is 0 Å². The van der Waals surface area contributed by atoms with Gasteiger partial charge in [0.25, 0.3) is 0 Å². The average Bonchev–Trinajstić information content (AvgIpc) is 2.70. The van der Waals surface area contributed by atoms with Gasteiger partial charge >= 0.3 is 0 Å². The second-order valence-electron chi connectivity index (χ2n) is 5.40. The van der Waals surface area contributed by atoms with Gasteiger partial charge in [-0.1, -0.05) is 32.4 Å². The van der Waals surface area contributed by atoms with Gasteiger partial charge in [0.2, 0.25) is 10.0 Å². The molecule has 1 fully saturated rings. The predicted molar refractivity (Wildman–Crippen MR) is 77.4 cm³/mol. The number of para-hydroxylation sites is 1. The highest BCUT2D eigenvalue weighted by Gasteiger charge is 2.32. The normalized spacial score (nSPS) is 27.4. The van der Waals surface area contributed by atoms with Crippen LogP contribution in [-0.2, 0) is 10.0 Å². The molecule has 0 spiro atoms. The molecular formula is C14H22N2O2S. The molecule has 0 heterocycles. The molecule has 1 aromatic rings. The van der Waals surface area contributed by atoms with Crippen LogP contribution in [0.15, 0.2) is 29.2 Å². The van der Waals surface area contributed by atoms with Crippen LogP contribution >= 0.6 is 0 Å². The van der Waals surface area contributed by atoms with Gasteiger partial charge in [-0.3, -0.25) is 0 Å². The van der Waals surface area contributed by atoms with Crippen molar-refractivity contribution in [3.8, 4) is 0 Å². The quantitative estimate of drug-likeness (QED) is 0.891. The number of primary sulfonamides is 1. The van der Waals surface area contributed by atoms with Crippen LogP contribution in [0.4, 0.5) is 5.69 Å². The zero-order chi connectivity index (χ0) is 14.0. The molecule has 1 aliphatic carbocycles. The number of hydrogen-bond acceptors (Lipinski definition) is 3. The van der Waals surface area contributed by atoms with Crippen molar-refractivity contribution in [1.29, 1.82) is 0 Å². The maximum Gasteiger partial charge on any atom is 0.240 e. The number of sulfonamides is 1. The fourth-order valence-corrected chi connectivity index (χ4v) is 3.76. The standard InChI is InChI=1S/C14H22N2O2S/c1-3-11-8-9-12(10(11)2)16-13-6-4-5-7-14(13)19(15,17)18/h4-7,10-12,16H,3,8-9H2,1-2H3,(H2,15,17,18). The first kappa shape index (κ1) is 14.3. The van der Waals surface area contributed by atoms with E-state index in [1.807, 2.05) is 6.07 Å². The third kappa shape index (κ3) is 3.09. The van der Waals surface area contributed by atoms with Gasteiger partial charge in [0.15, 0.2) is 0 Å². The van der Waals surface area contributed by atoms with Crippen molar-refractivity contribution in [1.82, 2.24) is 0 Å². The first-order chi connectivity index (χ1) is 8.93. The number of nitrogens with one attached hydrogen (secondary N) is 1. The molecule has 106 valence electrons. The zero-order valence-corrected chi connectivity index (χ0v) is 12.3. The SMILES string of the molecule is CCC1CCC(Nc2ccccc2S(N)(=O)=O)C1C. The van der Waals surface area contributed by atoms with Crippen LogP contribution in [0.25, 0.3) is 0 Å². The molecule has 3 atom stereocenters. The largest absolute Gasteiger partial charge is 0.381 e. The molecule has 3 unspecified atom stereocenters. The molecule has 3 N–H and O–H groups in total. The molecule has 0 aromatic heterocycles. The van der Waals surface area contributed by atoms with Crippen LogP contribution < -0.4 is 10.5 Å². The summed E-state index contributed by atoms with van der Waals surface area (Å²) in [5.74, 6) is 1.28. The van der Waals surface area contributed by atoms with Gasteiger partial charge < -0.3 is 5.32 Å². The van der Waals surface area contributed by atoms with Crippen LogP contribution in [-0.4, -0.2) is 14.5 Å². The molecule has 2 rings (SSSR count). The van der Waals surface area contributed by atoms with E-state index in [1.54, 1.807) is 18.2 Å². The summed E-state index contributed by atoms with van der Waals surface area (Å²) in [6, 6.07) is 7.18. The molecule has 1 aromatic carbocycles. The first-order valence-electron chi connectivity index (χ1n) is 6.82. The molecule has 1 saturated carbocycles. The maximum absolute atomic E-state index is 11.6. The number of anilines is 1. The molecule has 0 radical (unpaired) electrons. The van der Waals surface area contributed by atoms with Crippen molar-refractivity contribution in [3.63, 3.8) is 0 Å². The molecule has 4 nitrogen and oxygen atoms in total. The maximum atomic E-state index is 11.6. The first-order valence-corrected chi connectivity index (χ1v) is 8.36. The summed E-state index contributed by atoms with van der Waals surface area (Å²) < 4.78 is 23.1. The lowest BCUT2D eigenvalue weighted by molar-refractivity contribution is 0.391. The van der Waals surface area contributed by atoms with E-state index in [0.717, 1.165) is 12.3 Å². The van der Waals surface area contributed by atoms with E-state index in [1.165, 1.54) is 12.8 Å². The minimum absolute atomic E-state index is 0.183. The second kappa shape index (κ2) is 5.51. The van der Waals surface area contributed by atoms with E-state index >= 15 is 0 Å². The summed E-state index contributed by atoms with van der Waals surface area (Å²) in [5, 5.41) is 8.62. The highest BCUT2D eigenvalue weighted by Crippen LogP contribution is 2.36. The third-order valence-electron chi connectivity index (χ3n) is 4.29. The van der Waals surface area contributed by atoms with Crippen molar-refractivity contribution < 1.29 is 8.42 Å². The van der Waals surface area contributed by atoms with Gasteiger partial charge in [-0.2, -0.15) is 0 Å². The van der Waals surface area contributed by atoms with Crippen LogP contribution in [0.5, 0.6) is 0 Å². The summed E-state index contributed by atoms with van der Waals surface area (Å²) in [6.07, 6.45) is 3.46. The lowest BCUT2D eigenvalue weighted by Gasteiger charge is -2.23. The number of rotatable bonds is 4. The van der Waals surface area contributed by atoms with E-state index in [9.17, 15) is 8.42 Å². The molecule has 0 aliphatic heterocycles. The lowest BCUT2D eigenvalue weighted by atomic mass is 9.93. The van der Waals surface area contributed by atoms with E-state index < -0.39 is 10.0 Å². The molecule has 1 aliphatic rings. The molecule has 0 saturated heterocycles. The van der Waals surface area contributed by atoms with Crippen LogP contribution in [0.3, 0.4) is 0 Å². The van der Waals surface area contributed by atoms with Crippen molar-refractivity contribution >= 4 is 15.7 Å². The minimum Gasteiger partial charge on any atom is -0.381 e. The summed E-state index contributed by atoms with van der Waals surface area (Å²) >= 11 is 0. The van der Waals surface area contributed by atoms with Gasteiger partial charge in [0.1, 0.15) is 4.90 Å². The number of nitrogens with two attached hydrogens (primary N) is 1. The fraction of sp³-hybridized carbons (Fsp3) is 0.571. The topological polar surface area (TPSA) is 72.2 Å². The summed E-state index contributed by atoms with van der Waals surface area (Å²) in [6.45, 7) is 4.44. The van der Waals surface area contributed by atoms with Crippen molar-refractivity contribution in [2.75, 3.05) is 5.32 Å². The Morgan fingerprint density at radius 1 is 1.32 bits per heavy atom. The molecule has 5 heteroatoms. The average molecular weight is 282 g/mol. The summed E-state index contributed by atoms with van der Waals surface area (Å²) in [7, 11) is -3.67. The van der Waals surface area contributed by atoms with Crippen molar-refractivity contribution in [2.24, 2.45) is 17.0 Å². The highest BCUT2D eigenvalue weighted by atomic mass is 32.2. The molecule has 0 amide bonds. The third-order valence-corrected chi connectivity index (χ3v) is 5.25. The van der Waals surface area contributed by atoms with Crippen LogP contribution in [0.1, 0.15) is 33.1 Å². The monoisotopic (exact) mass is 282 g/mol. The van der Waals surface area contributed by atoms with Gasteiger partial charge in [0.05, 0.1) is 5.69 Å². The second-order valence-corrected chi connectivity index (χ2v) is 6.93. The Bertz CT molecular complexity index is 542.